The van der Waals surface area contributed by atoms with E-state index < -0.39 is 0 Å². The fourth-order valence-corrected chi connectivity index (χ4v) is 4.65. The summed E-state index contributed by atoms with van der Waals surface area (Å²) in [6, 6.07) is 22.8. The Balaban J connectivity index is 1.77. The van der Waals surface area contributed by atoms with Crippen LogP contribution in [0.2, 0.25) is 12.1 Å². The third-order valence-corrected chi connectivity index (χ3v) is 6.61. The average molecular weight is 311 g/mol. The smallest absolute Gasteiger partial charge is 0.0197 e. The van der Waals surface area contributed by atoms with Crippen molar-refractivity contribution in [3.63, 3.8) is 0 Å². The zero-order valence-electron chi connectivity index (χ0n) is 14.1. The number of hydrogen-bond donors (Lipinski definition) is 0. The quantitative estimate of drug-likeness (QED) is 0.380. The van der Waals surface area contributed by atoms with Gasteiger partial charge in [0.15, 0.2) is 0 Å². The second kappa shape index (κ2) is 10.4. The van der Waals surface area contributed by atoms with Crippen LogP contribution in [0, 0.1) is 0 Å². The van der Waals surface area contributed by atoms with Crippen LogP contribution in [0.3, 0.4) is 0 Å². The van der Waals surface area contributed by atoms with E-state index in [1.54, 1.807) is 12.1 Å². The first kappa shape index (κ1) is 17.0. The Morgan fingerprint density at radius 3 is 2.27 bits per heavy atom. The average Bonchev–Trinajstić information content (AvgIpc) is 2.58. The molecule has 118 valence electrons. The largest absolute Gasteiger partial charge is 0.0657 e. The molecule has 0 nitrogen and oxygen atoms in total. The van der Waals surface area contributed by atoms with Gasteiger partial charge in [0, 0.05) is 9.52 Å². The Bertz CT molecular complexity index is 518. The molecule has 0 aliphatic heterocycles. The van der Waals surface area contributed by atoms with Crippen molar-refractivity contribution in [2.75, 3.05) is 0 Å². The molecule has 2 aromatic carbocycles. The third kappa shape index (κ3) is 5.80. The van der Waals surface area contributed by atoms with Gasteiger partial charge in [-0.2, -0.15) is 0 Å². The van der Waals surface area contributed by atoms with E-state index in [2.05, 4.69) is 61.5 Å². The molecule has 0 aromatic heterocycles. The molecule has 0 heterocycles. The van der Waals surface area contributed by atoms with Crippen LogP contribution >= 0.6 is 0 Å². The molecular formula is C21H30Si. The van der Waals surface area contributed by atoms with Crippen molar-refractivity contribution in [3.8, 4) is 11.1 Å². The lowest BCUT2D eigenvalue weighted by molar-refractivity contribution is 0.665. The van der Waals surface area contributed by atoms with Crippen molar-refractivity contribution in [1.29, 1.82) is 0 Å². The lowest BCUT2D eigenvalue weighted by atomic mass is 9.96. The molecule has 0 aliphatic carbocycles. The predicted octanol–water partition coefficient (Wildman–Crippen LogP) is 5.87. The molecule has 2 rings (SSSR count). The standard InChI is InChI=1S/C21H30Si/c1-2-17-22-18-11-4-3-6-12-20-15-9-10-16-21(20)19-13-7-5-8-14-19/h5,7-10,13-16H,2-4,6,11-12,17-18,22H2,1H3. The molecule has 0 aliphatic rings. The van der Waals surface area contributed by atoms with E-state index in [1.807, 2.05) is 0 Å². The molecule has 0 saturated heterocycles. The molecule has 0 bridgehead atoms. The van der Waals surface area contributed by atoms with Gasteiger partial charge in [-0.25, -0.2) is 0 Å². The van der Waals surface area contributed by atoms with Crippen molar-refractivity contribution < 1.29 is 0 Å². The Kier molecular flexibility index (Phi) is 8.04. The molecule has 0 N–H and O–H groups in total. The van der Waals surface area contributed by atoms with E-state index in [-0.39, 0.29) is 9.52 Å². The zero-order chi connectivity index (χ0) is 15.5. The Morgan fingerprint density at radius 2 is 1.45 bits per heavy atom. The first-order valence-electron chi connectivity index (χ1n) is 9.05. The van der Waals surface area contributed by atoms with Gasteiger partial charge in [-0.3, -0.25) is 0 Å². The Hall–Kier alpha value is -1.34. The van der Waals surface area contributed by atoms with Crippen LogP contribution in [0.15, 0.2) is 54.6 Å². The van der Waals surface area contributed by atoms with Crippen molar-refractivity contribution in [2.24, 2.45) is 0 Å². The minimum atomic E-state index is 0.285. The van der Waals surface area contributed by atoms with Crippen molar-refractivity contribution in [2.45, 2.75) is 57.5 Å². The van der Waals surface area contributed by atoms with Crippen LogP contribution in [-0.4, -0.2) is 9.52 Å². The highest BCUT2D eigenvalue weighted by atomic mass is 28.2. The zero-order valence-corrected chi connectivity index (χ0v) is 15.5. The summed E-state index contributed by atoms with van der Waals surface area (Å²) in [7, 11) is 0.285. The van der Waals surface area contributed by atoms with Gasteiger partial charge in [0.05, 0.1) is 0 Å². The monoisotopic (exact) mass is 310 g/mol. The van der Waals surface area contributed by atoms with Gasteiger partial charge in [-0.1, -0.05) is 99.3 Å². The maximum Gasteiger partial charge on any atom is 0.0197 e. The van der Waals surface area contributed by atoms with Crippen LogP contribution in [-0.2, 0) is 6.42 Å². The highest BCUT2D eigenvalue weighted by Crippen LogP contribution is 2.24. The van der Waals surface area contributed by atoms with Gasteiger partial charge in [-0.05, 0) is 29.5 Å². The summed E-state index contributed by atoms with van der Waals surface area (Å²) in [5.74, 6) is 0. The van der Waals surface area contributed by atoms with Crippen molar-refractivity contribution in [1.82, 2.24) is 0 Å². The van der Waals surface area contributed by atoms with Crippen molar-refractivity contribution >= 4 is 9.52 Å². The lowest BCUT2D eigenvalue weighted by Gasteiger charge is -2.09. The second-order valence-electron chi connectivity index (χ2n) is 6.25. The highest BCUT2D eigenvalue weighted by Gasteiger charge is 2.03. The second-order valence-corrected chi connectivity index (χ2v) is 8.37. The number of hydrogen-bond acceptors (Lipinski definition) is 0. The van der Waals surface area contributed by atoms with Gasteiger partial charge in [0.25, 0.3) is 0 Å². The van der Waals surface area contributed by atoms with Crippen LogP contribution in [0.25, 0.3) is 11.1 Å². The van der Waals surface area contributed by atoms with Crippen LogP contribution in [0.5, 0.6) is 0 Å². The molecule has 0 saturated carbocycles. The molecule has 1 heteroatoms. The van der Waals surface area contributed by atoms with Gasteiger partial charge >= 0.3 is 0 Å². The maximum atomic E-state index is 2.32. The van der Waals surface area contributed by atoms with Crippen LogP contribution < -0.4 is 0 Å². The SMILES string of the molecule is CCC[SiH2]CCCCCCc1ccccc1-c1ccccc1. The molecular weight excluding hydrogens is 280 g/mol. The summed E-state index contributed by atoms with van der Waals surface area (Å²) in [4.78, 5) is 0. The maximum absolute atomic E-state index is 2.32. The van der Waals surface area contributed by atoms with E-state index in [9.17, 15) is 0 Å². The van der Waals surface area contributed by atoms with Crippen molar-refractivity contribution in [3.05, 3.63) is 60.2 Å². The molecule has 0 amide bonds. The normalized spacial score (nSPS) is 11.3. The molecule has 0 radical (unpaired) electrons. The molecule has 22 heavy (non-hydrogen) atoms. The van der Waals surface area contributed by atoms with Gasteiger partial charge < -0.3 is 0 Å². The number of aryl methyl sites for hydroxylation is 1. The lowest BCUT2D eigenvalue weighted by Crippen LogP contribution is -1.92. The summed E-state index contributed by atoms with van der Waals surface area (Å²) < 4.78 is 0. The first-order valence-corrected chi connectivity index (χ1v) is 11.0. The molecule has 0 atom stereocenters. The Morgan fingerprint density at radius 1 is 0.727 bits per heavy atom. The summed E-state index contributed by atoms with van der Waals surface area (Å²) in [6.07, 6.45) is 8.26. The van der Waals surface area contributed by atoms with Gasteiger partial charge in [0.1, 0.15) is 0 Å². The summed E-state index contributed by atoms with van der Waals surface area (Å²) >= 11 is 0. The van der Waals surface area contributed by atoms with E-state index in [0.717, 1.165) is 0 Å². The fraction of sp³-hybridized carbons (Fsp3) is 0.429. The van der Waals surface area contributed by atoms with E-state index in [4.69, 9.17) is 0 Å². The molecule has 0 spiro atoms. The predicted molar refractivity (Wildman–Crippen MR) is 102 cm³/mol. The third-order valence-electron chi connectivity index (χ3n) is 4.40. The van der Waals surface area contributed by atoms with E-state index in [0.29, 0.717) is 0 Å². The fourth-order valence-electron chi connectivity index (χ4n) is 3.09. The van der Waals surface area contributed by atoms with Crippen LogP contribution in [0.1, 0.15) is 44.6 Å². The number of rotatable bonds is 10. The van der Waals surface area contributed by atoms with Gasteiger partial charge in [-0.15, -0.1) is 0 Å². The van der Waals surface area contributed by atoms with E-state index in [1.165, 1.54) is 55.2 Å². The summed E-state index contributed by atoms with van der Waals surface area (Å²) in [5.41, 5.74) is 4.27. The van der Waals surface area contributed by atoms with Gasteiger partial charge in [0.2, 0.25) is 0 Å². The topological polar surface area (TPSA) is 0 Å². The minimum absolute atomic E-state index is 0.285. The minimum Gasteiger partial charge on any atom is -0.0657 e. The number of benzene rings is 2. The highest BCUT2D eigenvalue weighted by molar-refractivity contribution is 6.35. The summed E-state index contributed by atoms with van der Waals surface area (Å²) in [6.45, 7) is 2.32. The van der Waals surface area contributed by atoms with E-state index >= 15 is 0 Å². The first-order chi connectivity index (χ1) is 10.9. The summed E-state index contributed by atoms with van der Waals surface area (Å²) in [5, 5.41) is 0. The molecule has 0 fully saturated rings. The van der Waals surface area contributed by atoms with Crippen LogP contribution in [0.4, 0.5) is 0 Å². The molecule has 0 unspecified atom stereocenters. The molecule has 2 aromatic rings. The Labute approximate surface area is 138 Å². The number of unbranched alkanes of at least 4 members (excludes halogenated alkanes) is 3.